The number of hydrogen-bond donors (Lipinski definition) is 1. The molecule has 0 unspecified atom stereocenters. The monoisotopic (exact) mass is 432 g/mol. The van der Waals surface area contributed by atoms with Crippen molar-refractivity contribution in [3.63, 3.8) is 0 Å². The van der Waals surface area contributed by atoms with Gasteiger partial charge in [0.05, 0.1) is 17.6 Å². The van der Waals surface area contributed by atoms with E-state index in [0.717, 1.165) is 15.8 Å². The SMILES string of the molecule is Nc1c(C(=O)c2ccc(F)cc2)sc2nc(-c3cnccn3)cc(-c3cccs3)c12. The van der Waals surface area contributed by atoms with Gasteiger partial charge in [-0.15, -0.1) is 22.7 Å². The summed E-state index contributed by atoms with van der Waals surface area (Å²) in [6.45, 7) is 0. The predicted molar refractivity (Wildman–Crippen MR) is 118 cm³/mol. The second-order valence-corrected chi connectivity index (χ2v) is 8.43. The highest BCUT2D eigenvalue weighted by molar-refractivity contribution is 7.21. The van der Waals surface area contributed by atoms with E-state index in [0.29, 0.717) is 32.3 Å². The third-order valence-electron chi connectivity index (χ3n) is 4.62. The van der Waals surface area contributed by atoms with Crippen LogP contribution >= 0.6 is 22.7 Å². The number of ketones is 1. The van der Waals surface area contributed by atoms with Crippen LogP contribution in [0.3, 0.4) is 0 Å². The number of nitrogens with zero attached hydrogens (tertiary/aromatic N) is 3. The van der Waals surface area contributed by atoms with Crippen LogP contribution in [0.15, 0.2) is 66.4 Å². The fraction of sp³-hybridized carbons (Fsp3) is 0. The third kappa shape index (κ3) is 3.16. The average Bonchev–Trinajstić information content (AvgIpc) is 3.42. The van der Waals surface area contributed by atoms with Crippen molar-refractivity contribution in [3.8, 4) is 21.8 Å². The molecule has 1 aromatic carbocycles. The smallest absolute Gasteiger partial charge is 0.205 e. The second kappa shape index (κ2) is 7.40. The van der Waals surface area contributed by atoms with E-state index in [9.17, 15) is 9.18 Å². The maximum absolute atomic E-state index is 13.3. The molecule has 0 spiro atoms. The highest BCUT2D eigenvalue weighted by Gasteiger charge is 2.23. The Labute approximate surface area is 178 Å². The molecule has 0 aliphatic rings. The van der Waals surface area contributed by atoms with E-state index in [1.165, 1.54) is 35.6 Å². The first-order valence-corrected chi connectivity index (χ1v) is 10.6. The Balaban J connectivity index is 1.74. The minimum absolute atomic E-state index is 0.256. The summed E-state index contributed by atoms with van der Waals surface area (Å²) >= 11 is 2.81. The van der Waals surface area contributed by atoms with E-state index >= 15 is 0 Å². The van der Waals surface area contributed by atoms with Crippen molar-refractivity contribution in [1.82, 2.24) is 15.0 Å². The number of carbonyl (C=O) groups is 1. The first-order chi connectivity index (χ1) is 14.6. The molecule has 2 N–H and O–H groups in total. The lowest BCUT2D eigenvalue weighted by atomic mass is 10.0. The van der Waals surface area contributed by atoms with Gasteiger partial charge in [0.2, 0.25) is 5.78 Å². The second-order valence-electron chi connectivity index (χ2n) is 6.48. The summed E-state index contributed by atoms with van der Waals surface area (Å²) in [5.74, 6) is -0.653. The molecule has 0 aliphatic carbocycles. The lowest BCUT2D eigenvalue weighted by molar-refractivity contribution is 0.104. The van der Waals surface area contributed by atoms with Crippen LogP contribution in [0, 0.1) is 5.82 Å². The number of anilines is 1. The van der Waals surface area contributed by atoms with Crippen LogP contribution in [0.2, 0.25) is 0 Å². The molecule has 5 aromatic rings. The van der Waals surface area contributed by atoms with Crippen molar-refractivity contribution in [2.45, 2.75) is 0 Å². The fourth-order valence-corrected chi connectivity index (χ4v) is 5.04. The zero-order valence-electron chi connectivity index (χ0n) is 15.4. The molecule has 0 aliphatic heterocycles. The number of aromatic nitrogens is 3. The standard InChI is InChI=1S/C22H13FN4OS2/c23-13-5-3-12(4-6-13)20(28)21-19(24)18-14(17-2-1-9-29-17)10-15(27-22(18)30-21)16-11-25-7-8-26-16/h1-11H,24H2. The van der Waals surface area contributed by atoms with Gasteiger partial charge >= 0.3 is 0 Å². The number of rotatable bonds is 4. The molecule has 4 aromatic heterocycles. The molecule has 30 heavy (non-hydrogen) atoms. The van der Waals surface area contributed by atoms with E-state index in [4.69, 9.17) is 10.7 Å². The van der Waals surface area contributed by atoms with Crippen LogP contribution in [-0.2, 0) is 0 Å². The van der Waals surface area contributed by atoms with Gasteiger partial charge in [-0.1, -0.05) is 6.07 Å². The van der Waals surface area contributed by atoms with Gasteiger partial charge < -0.3 is 5.73 Å². The molecular formula is C22H13FN4OS2. The van der Waals surface area contributed by atoms with Gasteiger partial charge in [0.25, 0.3) is 0 Å². The van der Waals surface area contributed by atoms with E-state index < -0.39 is 5.82 Å². The number of halogens is 1. The molecule has 0 fully saturated rings. The molecule has 0 saturated carbocycles. The number of carbonyl (C=O) groups excluding carboxylic acids is 1. The van der Waals surface area contributed by atoms with Crippen molar-refractivity contribution < 1.29 is 9.18 Å². The summed E-state index contributed by atoms with van der Waals surface area (Å²) in [5, 5.41) is 2.72. The van der Waals surface area contributed by atoms with E-state index in [2.05, 4.69) is 9.97 Å². The van der Waals surface area contributed by atoms with Crippen molar-refractivity contribution >= 4 is 44.4 Å². The summed E-state index contributed by atoms with van der Waals surface area (Å²) in [5.41, 5.74) is 9.39. The van der Waals surface area contributed by atoms with Crippen LogP contribution in [-0.4, -0.2) is 20.7 Å². The zero-order valence-corrected chi connectivity index (χ0v) is 17.0. The van der Waals surface area contributed by atoms with Crippen LogP contribution < -0.4 is 5.73 Å². The molecule has 0 saturated heterocycles. The summed E-state index contributed by atoms with van der Waals surface area (Å²) in [7, 11) is 0. The first-order valence-electron chi connectivity index (χ1n) is 8.95. The molecule has 4 heterocycles. The molecule has 5 nitrogen and oxygen atoms in total. The summed E-state index contributed by atoms with van der Waals surface area (Å²) in [6, 6.07) is 11.3. The lowest BCUT2D eigenvalue weighted by Crippen LogP contribution is -2.02. The highest BCUT2D eigenvalue weighted by Crippen LogP contribution is 2.42. The normalized spacial score (nSPS) is 11.1. The minimum atomic E-state index is -0.397. The minimum Gasteiger partial charge on any atom is -0.397 e. The van der Waals surface area contributed by atoms with Gasteiger partial charge in [0.1, 0.15) is 21.2 Å². The number of nitrogen functional groups attached to an aromatic ring is 1. The van der Waals surface area contributed by atoms with Crippen LogP contribution in [0.25, 0.3) is 32.0 Å². The zero-order chi connectivity index (χ0) is 20.7. The quantitative estimate of drug-likeness (QED) is 0.383. The molecule has 0 amide bonds. The lowest BCUT2D eigenvalue weighted by Gasteiger charge is -2.06. The van der Waals surface area contributed by atoms with Crippen molar-refractivity contribution in [2.75, 3.05) is 5.73 Å². The number of benzene rings is 1. The summed E-state index contributed by atoms with van der Waals surface area (Å²) in [4.78, 5) is 28.3. The van der Waals surface area contributed by atoms with E-state index in [-0.39, 0.29) is 5.78 Å². The Morgan fingerprint density at radius 2 is 1.90 bits per heavy atom. The molecule has 0 radical (unpaired) electrons. The van der Waals surface area contributed by atoms with Gasteiger partial charge in [0.15, 0.2) is 0 Å². The number of fused-ring (bicyclic) bond motifs is 1. The first kappa shape index (κ1) is 18.5. The van der Waals surface area contributed by atoms with Crippen LogP contribution in [0.4, 0.5) is 10.1 Å². The molecule has 0 bridgehead atoms. The summed E-state index contributed by atoms with van der Waals surface area (Å²) in [6.07, 6.45) is 4.86. The van der Waals surface area contributed by atoms with Gasteiger partial charge in [-0.25, -0.2) is 9.37 Å². The summed E-state index contributed by atoms with van der Waals surface area (Å²) < 4.78 is 13.3. The van der Waals surface area contributed by atoms with Gasteiger partial charge in [-0.05, 0) is 41.8 Å². The van der Waals surface area contributed by atoms with Gasteiger partial charge in [-0.2, -0.15) is 0 Å². The molecular weight excluding hydrogens is 419 g/mol. The number of nitrogens with two attached hydrogens (primary N) is 1. The molecule has 0 atom stereocenters. The number of thiophene rings is 2. The largest absolute Gasteiger partial charge is 0.397 e. The van der Waals surface area contributed by atoms with Crippen molar-refractivity contribution in [1.29, 1.82) is 0 Å². The van der Waals surface area contributed by atoms with Crippen molar-refractivity contribution in [2.24, 2.45) is 0 Å². The third-order valence-corrected chi connectivity index (χ3v) is 6.63. The van der Waals surface area contributed by atoms with Crippen LogP contribution in [0.5, 0.6) is 0 Å². The topological polar surface area (TPSA) is 81.8 Å². The molecule has 5 rings (SSSR count). The molecule has 146 valence electrons. The van der Waals surface area contributed by atoms with Crippen molar-refractivity contribution in [3.05, 3.63) is 82.7 Å². The molecule has 8 heteroatoms. The Bertz CT molecular complexity index is 1360. The maximum atomic E-state index is 13.3. The van der Waals surface area contributed by atoms with Gasteiger partial charge in [0, 0.05) is 33.8 Å². The Morgan fingerprint density at radius 3 is 2.60 bits per heavy atom. The van der Waals surface area contributed by atoms with Gasteiger partial charge in [-0.3, -0.25) is 14.8 Å². The maximum Gasteiger partial charge on any atom is 0.205 e. The highest BCUT2D eigenvalue weighted by atomic mass is 32.1. The van der Waals surface area contributed by atoms with E-state index in [1.807, 2.05) is 23.6 Å². The van der Waals surface area contributed by atoms with E-state index in [1.54, 1.807) is 29.9 Å². The fourth-order valence-electron chi connectivity index (χ4n) is 3.21. The Hall–Kier alpha value is -3.49. The Morgan fingerprint density at radius 1 is 1.07 bits per heavy atom. The average molecular weight is 433 g/mol. The van der Waals surface area contributed by atoms with Crippen LogP contribution in [0.1, 0.15) is 15.2 Å². The number of pyridine rings is 1. The number of hydrogen-bond acceptors (Lipinski definition) is 7. The predicted octanol–water partition coefficient (Wildman–Crippen LogP) is 5.43. The Kier molecular flexibility index (Phi) is 4.57.